The maximum atomic E-state index is 12.9. The number of aliphatic hydroxyl groups excluding tert-OH is 2. The van der Waals surface area contributed by atoms with Gasteiger partial charge in [0.25, 0.3) is 0 Å². The third-order valence-electron chi connectivity index (χ3n) is 10.1. The van der Waals surface area contributed by atoms with Gasteiger partial charge in [0, 0.05) is 34.2 Å². The fraction of sp³-hybridized carbons (Fsp3) is 0.600. The molecule has 11 heteroatoms. The Morgan fingerprint density at radius 3 is 2.68 bits per heavy atom. The number of methoxy groups -OCH3 is 1. The van der Waals surface area contributed by atoms with E-state index in [1.807, 2.05) is 6.07 Å². The fourth-order valence-corrected chi connectivity index (χ4v) is 8.14. The van der Waals surface area contributed by atoms with Gasteiger partial charge in [0.05, 0.1) is 31.6 Å². The molecule has 5 aliphatic rings. The lowest BCUT2D eigenvalue weighted by atomic mass is 9.62. The highest BCUT2D eigenvalue weighted by atomic mass is 16.7. The smallest absolute Gasteiger partial charge is 0.333 e. The van der Waals surface area contributed by atoms with Crippen molar-refractivity contribution in [1.82, 2.24) is 4.98 Å². The molecule has 0 amide bonds. The van der Waals surface area contributed by atoms with Crippen LogP contribution < -0.4 is 10.6 Å². The maximum absolute atomic E-state index is 12.9. The molecule has 1 aromatic heterocycles. The van der Waals surface area contributed by atoms with Crippen LogP contribution in [0.25, 0.3) is 11.8 Å². The highest BCUT2D eigenvalue weighted by molar-refractivity contribution is 5.90. The fourth-order valence-electron chi connectivity index (χ4n) is 8.14. The van der Waals surface area contributed by atoms with Gasteiger partial charge in [-0.2, -0.15) is 0 Å². The second-order valence-electron chi connectivity index (χ2n) is 12.0. The van der Waals surface area contributed by atoms with Gasteiger partial charge in [-0.3, -0.25) is 4.79 Å². The molecule has 41 heavy (non-hydrogen) atoms. The molecular weight excluding hydrogens is 534 g/mol. The van der Waals surface area contributed by atoms with Crippen LogP contribution >= 0.6 is 0 Å². The van der Waals surface area contributed by atoms with Crippen molar-refractivity contribution in [2.45, 2.75) is 80.7 Å². The minimum Gasteiger partial charge on any atom is -0.483 e. The predicted octanol–water partition coefficient (Wildman–Crippen LogP) is 0.227. The third kappa shape index (κ3) is 3.97. The number of esters is 1. The standard InChI is InChI=1S/C30H37NO10/c1-3-16-18(12-23(33)34)19(25(35)38-2)13-28(8-4-5-9-28)24(16)41-27-29(37)10-6-20-17-7-11-31-21(17)15-39-30(20,26(29)36)22(14-32)40-27/h3,7,11,13,15-16,18,22,24,26-27,31-32,36-37H,1,4-6,8-10,12,14H2,2H3,(H,33,34). The van der Waals surface area contributed by atoms with Crippen molar-refractivity contribution in [2.24, 2.45) is 17.3 Å². The van der Waals surface area contributed by atoms with Gasteiger partial charge in [-0.1, -0.05) is 25.0 Å². The van der Waals surface area contributed by atoms with E-state index in [4.69, 9.17) is 18.9 Å². The Hall–Kier alpha value is -2.96. The summed E-state index contributed by atoms with van der Waals surface area (Å²) in [6.07, 6.45) is 5.12. The minimum absolute atomic E-state index is 0.0995. The van der Waals surface area contributed by atoms with Crippen LogP contribution in [-0.2, 0) is 28.5 Å². The van der Waals surface area contributed by atoms with Crippen LogP contribution in [0.3, 0.4) is 0 Å². The van der Waals surface area contributed by atoms with E-state index in [-0.39, 0.29) is 18.4 Å². The summed E-state index contributed by atoms with van der Waals surface area (Å²) in [6, 6.07) is 1.87. The molecule has 2 spiro atoms. The van der Waals surface area contributed by atoms with Crippen LogP contribution in [0.1, 0.15) is 44.9 Å². The molecule has 6 rings (SSSR count). The van der Waals surface area contributed by atoms with Gasteiger partial charge in [-0.15, -0.1) is 6.58 Å². The SMILES string of the molecule is C=CC1C(CC(=O)O)C(C(=O)OC)=CC2(CCCC2)C1OC1OC(CO)C23OC=c4[nH]ccc4=C2CCC1(O)C3O. The molecule has 0 aromatic carbocycles. The van der Waals surface area contributed by atoms with Gasteiger partial charge >= 0.3 is 11.9 Å². The normalized spacial score (nSPS) is 38.6. The number of ether oxygens (including phenoxy) is 4. The molecule has 2 saturated carbocycles. The Morgan fingerprint density at radius 2 is 2.02 bits per heavy atom. The van der Waals surface area contributed by atoms with E-state index in [9.17, 15) is 30.0 Å². The molecule has 2 aliphatic heterocycles. The molecule has 5 N–H and O–H groups in total. The summed E-state index contributed by atoms with van der Waals surface area (Å²) in [5, 5.41) is 45.7. The molecule has 3 heterocycles. The van der Waals surface area contributed by atoms with Crippen molar-refractivity contribution in [3.05, 3.63) is 47.1 Å². The number of aliphatic carboxylic acids is 1. The predicted molar refractivity (Wildman–Crippen MR) is 143 cm³/mol. The molecular formula is C30H37NO10. The molecule has 222 valence electrons. The molecule has 11 nitrogen and oxygen atoms in total. The lowest BCUT2D eigenvalue weighted by Gasteiger charge is -2.60. The Morgan fingerprint density at radius 1 is 1.27 bits per heavy atom. The van der Waals surface area contributed by atoms with Crippen molar-refractivity contribution in [3.8, 4) is 0 Å². The van der Waals surface area contributed by atoms with E-state index in [0.717, 1.165) is 29.0 Å². The number of aliphatic hydroxyl groups is 3. The van der Waals surface area contributed by atoms with Gasteiger partial charge in [-0.25, -0.2) is 4.79 Å². The van der Waals surface area contributed by atoms with Gasteiger partial charge in [-0.05, 0) is 37.3 Å². The number of aromatic nitrogens is 1. The lowest BCUT2D eigenvalue weighted by Crippen LogP contribution is -2.77. The van der Waals surface area contributed by atoms with E-state index in [0.29, 0.717) is 19.3 Å². The Labute approximate surface area is 236 Å². The summed E-state index contributed by atoms with van der Waals surface area (Å²) in [6.45, 7) is 3.46. The maximum Gasteiger partial charge on any atom is 0.333 e. The number of fused-ring (bicyclic) bond motifs is 2. The number of carbonyl (C=O) groups excluding carboxylic acids is 1. The van der Waals surface area contributed by atoms with Crippen LogP contribution in [0.4, 0.5) is 0 Å². The molecule has 3 aliphatic carbocycles. The zero-order valence-corrected chi connectivity index (χ0v) is 23.0. The van der Waals surface area contributed by atoms with E-state index in [2.05, 4.69) is 11.6 Å². The minimum atomic E-state index is -1.91. The van der Waals surface area contributed by atoms with Crippen molar-refractivity contribution >= 4 is 23.8 Å². The van der Waals surface area contributed by atoms with Crippen LogP contribution in [0.5, 0.6) is 0 Å². The topological polar surface area (TPSA) is 168 Å². The van der Waals surface area contributed by atoms with Crippen LogP contribution in [0, 0.1) is 17.3 Å². The summed E-state index contributed by atoms with van der Waals surface area (Å²) in [5.41, 5.74) is -3.09. The molecule has 1 saturated heterocycles. The summed E-state index contributed by atoms with van der Waals surface area (Å²) in [7, 11) is 1.26. The first-order valence-corrected chi connectivity index (χ1v) is 14.2. The zero-order valence-electron chi connectivity index (χ0n) is 23.0. The number of aromatic amines is 1. The number of carboxylic acids is 1. The Bertz CT molecular complexity index is 1390. The van der Waals surface area contributed by atoms with Crippen molar-refractivity contribution in [2.75, 3.05) is 13.7 Å². The molecule has 3 fully saturated rings. The average molecular weight is 572 g/mol. The van der Waals surface area contributed by atoms with Crippen molar-refractivity contribution < 1.29 is 49.0 Å². The summed E-state index contributed by atoms with van der Waals surface area (Å²) >= 11 is 0. The number of carbonyl (C=O) groups is 2. The highest BCUT2D eigenvalue weighted by Crippen LogP contribution is 2.57. The number of carboxylic acid groups (broad SMARTS) is 1. The second-order valence-corrected chi connectivity index (χ2v) is 12.0. The molecule has 8 unspecified atom stereocenters. The van der Waals surface area contributed by atoms with Gasteiger partial charge in [0.15, 0.2) is 11.9 Å². The number of rotatable bonds is 7. The second kappa shape index (κ2) is 10.1. The van der Waals surface area contributed by atoms with Crippen LogP contribution in [0.15, 0.2) is 36.6 Å². The first kappa shape index (κ1) is 28.2. The van der Waals surface area contributed by atoms with E-state index in [1.54, 1.807) is 18.3 Å². The van der Waals surface area contributed by atoms with E-state index >= 15 is 0 Å². The van der Waals surface area contributed by atoms with Crippen LogP contribution in [-0.4, -0.2) is 86.9 Å². The zero-order chi connectivity index (χ0) is 29.2. The first-order valence-electron chi connectivity index (χ1n) is 14.2. The molecule has 0 radical (unpaired) electrons. The van der Waals surface area contributed by atoms with E-state index < -0.39 is 71.6 Å². The molecule has 1 aromatic rings. The number of nitrogens with one attached hydrogen (secondary N) is 1. The van der Waals surface area contributed by atoms with Gasteiger partial charge < -0.3 is 44.4 Å². The lowest BCUT2D eigenvalue weighted by molar-refractivity contribution is -0.377. The first-order chi connectivity index (χ1) is 19.6. The molecule has 8 atom stereocenters. The third-order valence-corrected chi connectivity index (χ3v) is 10.1. The quantitative estimate of drug-likeness (QED) is 0.226. The van der Waals surface area contributed by atoms with Gasteiger partial charge in [0.2, 0.25) is 0 Å². The Kier molecular flexibility index (Phi) is 6.94. The number of hydrogen-bond donors (Lipinski definition) is 5. The average Bonchev–Trinajstić information content (AvgIpc) is 3.63. The largest absolute Gasteiger partial charge is 0.483 e. The number of hydrogen-bond acceptors (Lipinski definition) is 9. The van der Waals surface area contributed by atoms with E-state index in [1.165, 1.54) is 13.4 Å². The monoisotopic (exact) mass is 571 g/mol. The molecule has 2 bridgehead atoms. The van der Waals surface area contributed by atoms with Crippen LogP contribution in [0.2, 0.25) is 0 Å². The summed E-state index contributed by atoms with van der Waals surface area (Å²) in [5.74, 6) is -3.11. The van der Waals surface area contributed by atoms with Crippen molar-refractivity contribution in [1.29, 1.82) is 0 Å². The van der Waals surface area contributed by atoms with Crippen molar-refractivity contribution in [3.63, 3.8) is 0 Å². The Balaban J connectivity index is 1.42. The summed E-state index contributed by atoms with van der Waals surface area (Å²) < 4.78 is 24.1. The number of H-pyrrole nitrogens is 1. The summed E-state index contributed by atoms with van der Waals surface area (Å²) in [4.78, 5) is 27.9. The van der Waals surface area contributed by atoms with Gasteiger partial charge in [0.1, 0.15) is 24.1 Å². The highest BCUT2D eigenvalue weighted by Gasteiger charge is 2.70.